The molecule has 1 saturated heterocycles. The predicted molar refractivity (Wildman–Crippen MR) is 88.1 cm³/mol. The minimum atomic E-state index is 0.241. The van der Waals surface area contributed by atoms with Crippen LogP contribution in [-0.2, 0) is 16.0 Å². The Morgan fingerprint density at radius 1 is 1.30 bits per heavy atom. The van der Waals surface area contributed by atoms with Gasteiger partial charge in [-0.3, -0.25) is 4.79 Å². The molecule has 1 N–H and O–H groups in total. The average molecular weight is 313 g/mol. The number of carbonyl (C=O) groups is 1. The Morgan fingerprint density at radius 3 is 3.09 bits per heavy atom. The summed E-state index contributed by atoms with van der Waals surface area (Å²) in [5.74, 6) is 1.14. The Hall–Kier alpha value is -1.88. The monoisotopic (exact) mass is 313 g/mol. The van der Waals surface area contributed by atoms with Gasteiger partial charge in [-0.25, -0.2) is 4.98 Å². The van der Waals surface area contributed by atoms with E-state index in [9.17, 15) is 4.79 Å². The van der Waals surface area contributed by atoms with E-state index in [4.69, 9.17) is 4.74 Å². The zero-order valence-corrected chi connectivity index (χ0v) is 13.3. The number of hydrogen-bond donors (Lipinski definition) is 1. The van der Waals surface area contributed by atoms with E-state index in [1.54, 1.807) is 0 Å². The van der Waals surface area contributed by atoms with E-state index in [0.717, 1.165) is 36.2 Å². The third-order valence-electron chi connectivity index (χ3n) is 5.07. The molecule has 2 aromatic rings. The van der Waals surface area contributed by atoms with Crippen molar-refractivity contribution in [2.75, 3.05) is 13.2 Å². The number of nitrogens with zero attached hydrogens (tertiary/aromatic N) is 2. The summed E-state index contributed by atoms with van der Waals surface area (Å²) < 4.78 is 5.85. The molecule has 2 heterocycles. The zero-order chi connectivity index (χ0) is 15.6. The van der Waals surface area contributed by atoms with Gasteiger partial charge in [-0.15, -0.1) is 0 Å². The number of nitrogens with one attached hydrogen (secondary N) is 1. The molecule has 0 spiro atoms. The third kappa shape index (κ3) is 2.98. The SMILES string of the molecule is O=C(CCc1nc2ccccc2[nH]1)N1CCO[C@H]2CCCC[C@H]21. The van der Waals surface area contributed by atoms with Gasteiger partial charge in [-0.1, -0.05) is 25.0 Å². The summed E-state index contributed by atoms with van der Waals surface area (Å²) >= 11 is 0. The number of para-hydroxylation sites is 2. The summed E-state index contributed by atoms with van der Waals surface area (Å²) in [6, 6.07) is 8.27. The van der Waals surface area contributed by atoms with E-state index in [2.05, 4.69) is 14.9 Å². The van der Waals surface area contributed by atoms with Crippen molar-refractivity contribution in [3.8, 4) is 0 Å². The Bertz CT molecular complexity index is 661. The number of hydrogen-bond acceptors (Lipinski definition) is 3. The Morgan fingerprint density at radius 2 is 2.17 bits per heavy atom. The fraction of sp³-hybridized carbons (Fsp3) is 0.556. The van der Waals surface area contributed by atoms with Gasteiger partial charge in [-0.05, 0) is 25.0 Å². The third-order valence-corrected chi connectivity index (χ3v) is 5.07. The number of morpholine rings is 1. The van der Waals surface area contributed by atoms with Gasteiger partial charge in [-0.2, -0.15) is 0 Å². The highest BCUT2D eigenvalue weighted by molar-refractivity contribution is 5.78. The first kappa shape index (κ1) is 14.7. The number of rotatable bonds is 3. The first-order chi connectivity index (χ1) is 11.3. The van der Waals surface area contributed by atoms with Crippen molar-refractivity contribution >= 4 is 16.9 Å². The Kier molecular flexibility index (Phi) is 4.04. The van der Waals surface area contributed by atoms with Gasteiger partial charge in [0.2, 0.25) is 5.91 Å². The van der Waals surface area contributed by atoms with Gasteiger partial charge >= 0.3 is 0 Å². The highest BCUT2D eigenvalue weighted by Crippen LogP contribution is 2.29. The van der Waals surface area contributed by atoms with Crippen molar-refractivity contribution in [3.05, 3.63) is 30.1 Å². The lowest BCUT2D eigenvalue weighted by molar-refractivity contribution is -0.149. The second-order valence-electron chi connectivity index (χ2n) is 6.55. The molecule has 1 amide bonds. The molecule has 1 saturated carbocycles. The molecule has 5 nitrogen and oxygen atoms in total. The number of aromatic amines is 1. The van der Waals surface area contributed by atoms with Crippen molar-refractivity contribution in [1.29, 1.82) is 0 Å². The minimum Gasteiger partial charge on any atom is -0.374 e. The number of imidazole rings is 1. The van der Waals surface area contributed by atoms with E-state index < -0.39 is 0 Å². The summed E-state index contributed by atoms with van der Waals surface area (Å²) in [4.78, 5) is 22.6. The van der Waals surface area contributed by atoms with E-state index in [-0.39, 0.29) is 12.0 Å². The average Bonchev–Trinajstić information content (AvgIpc) is 3.02. The van der Waals surface area contributed by atoms with Gasteiger partial charge in [0.05, 0.1) is 29.8 Å². The molecule has 122 valence electrons. The maximum absolute atomic E-state index is 12.7. The number of ether oxygens (including phenoxy) is 1. The molecule has 2 fully saturated rings. The van der Waals surface area contributed by atoms with Crippen LogP contribution in [0.15, 0.2) is 24.3 Å². The van der Waals surface area contributed by atoms with Gasteiger partial charge < -0.3 is 14.6 Å². The van der Waals surface area contributed by atoms with Gasteiger partial charge in [0, 0.05) is 19.4 Å². The summed E-state index contributed by atoms with van der Waals surface area (Å²) in [5.41, 5.74) is 2.00. The smallest absolute Gasteiger partial charge is 0.223 e. The summed E-state index contributed by atoms with van der Waals surface area (Å²) in [6.45, 7) is 1.41. The van der Waals surface area contributed by atoms with Crippen molar-refractivity contribution in [2.45, 2.75) is 50.7 Å². The molecule has 2 atom stereocenters. The highest BCUT2D eigenvalue weighted by atomic mass is 16.5. The van der Waals surface area contributed by atoms with Crippen molar-refractivity contribution in [1.82, 2.24) is 14.9 Å². The topological polar surface area (TPSA) is 58.2 Å². The minimum absolute atomic E-state index is 0.241. The fourth-order valence-corrected chi connectivity index (χ4v) is 3.90. The van der Waals surface area contributed by atoms with Crippen LogP contribution in [0.3, 0.4) is 0 Å². The predicted octanol–water partition coefficient (Wildman–Crippen LogP) is 2.67. The molecule has 0 radical (unpaired) electrons. The highest BCUT2D eigenvalue weighted by Gasteiger charge is 2.36. The van der Waals surface area contributed by atoms with Crippen LogP contribution in [0.1, 0.15) is 37.9 Å². The van der Waals surface area contributed by atoms with Gasteiger partial charge in [0.1, 0.15) is 5.82 Å². The summed E-state index contributed by atoms with van der Waals surface area (Å²) in [6.07, 6.45) is 6.05. The standard InChI is InChI=1S/C18H23N3O2/c22-18(21-11-12-23-16-8-4-3-7-15(16)21)10-9-17-19-13-5-1-2-6-14(13)20-17/h1-2,5-6,15-16H,3-4,7-12H2,(H,19,20)/t15-,16+/m1/s1. The van der Waals surface area contributed by atoms with Crippen molar-refractivity contribution in [3.63, 3.8) is 0 Å². The molecule has 0 unspecified atom stereocenters. The maximum Gasteiger partial charge on any atom is 0.223 e. The molecule has 4 rings (SSSR count). The second-order valence-corrected chi connectivity index (χ2v) is 6.55. The lowest BCUT2D eigenvalue weighted by Crippen LogP contribution is -2.54. The lowest BCUT2D eigenvalue weighted by atomic mass is 9.90. The molecule has 5 heteroatoms. The van der Waals surface area contributed by atoms with Crippen LogP contribution in [0.2, 0.25) is 0 Å². The molecule has 1 aliphatic carbocycles. The van der Waals surface area contributed by atoms with Crippen molar-refractivity contribution in [2.24, 2.45) is 0 Å². The first-order valence-electron chi connectivity index (χ1n) is 8.66. The van der Waals surface area contributed by atoms with Gasteiger partial charge in [0.25, 0.3) is 0 Å². The van der Waals surface area contributed by atoms with Gasteiger partial charge in [0.15, 0.2) is 0 Å². The number of amides is 1. The van der Waals surface area contributed by atoms with Crippen LogP contribution in [-0.4, -0.2) is 46.1 Å². The summed E-state index contributed by atoms with van der Waals surface area (Å²) in [5, 5.41) is 0. The van der Waals surface area contributed by atoms with Crippen LogP contribution in [0.25, 0.3) is 11.0 Å². The van der Waals surface area contributed by atoms with Crippen LogP contribution in [0.4, 0.5) is 0 Å². The molecular weight excluding hydrogens is 290 g/mol. The largest absolute Gasteiger partial charge is 0.374 e. The zero-order valence-electron chi connectivity index (χ0n) is 13.3. The van der Waals surface area contributed by atoms with Crippen LogP contribution < -0.4 is 0 Å². The molecule has 2 aliphatic rings. The second kappa shape index (κ2) is 6.32. The number of benzene rings is 1. The van der Waals surface area contributed by atoms with E-state index >= 15 is 0 Å². The lowest BCUT2D eigenvalue weighted by Gasteiger charge is -2.43. The quantitative estimate of drug-likeness (QED) is 0.948. The Labute approximate surface area is 136 Å². The number of fused-ring (bicyclic) bond motifs is 2. The van der Waals surface area contributed by atoms with Crippen LogP contribution in [0.5, 0.6) is 0 Å². The maximum atomic E-state index is 12.7. The van der Waals surface area contributed by atoms with E-state index in [1.165, 1.54) is 12.8 Å². The van der Waals surface area contributed by atoms with E-state index in [1.807, 2.05) is 24.3 Å². The molecule has 1 aliphatic heterocycles. The summed E-state index contributed by atoms with van der Waals surface area (Å²) in [7, 11) is 0. The molecule has 23 heavy (non-hydrogen) atoms. The molecular formula is C18H23N3O2. The molecule has 1 aromatic carbocycles. The number of carbonyl (C=O) groups excluding carboxylic acids is 1. The Balaban J connectivity index is 1.40. The van der Waals surface area contributed by atoms with E-state index in [0.29, 0.717) is 25.5 Å². The van der Waals surface area contributed by atoms with Crippen LogP contribution >= 0.6 is 0 Å². The number of aryl methyl sites for hydroxylation is 1. The van der Waals surface area contributed by atoms with Crippen molar-refractivity contribution < 1.29 is 9.53 Å². The molecule has 0 bridgehead atoms. The normalized spacial score (nSPS) is 24.6. The fourth-order valence-electron chi connectivity index (χ4n) is 3.90. The first-order valence-corrected chi connectivity index (χ1v) is 8.66. The molecule has 1 aromatic heterocycles. The van der Waals surface area contributed by atoms with Crippen LogP contribution in [0, 0.1) is 0 Å². The number of H-pyrrole nitrogens is 1. The number of aromatic nitrogens is 2.